The molecule has 1 unspecified atom stereocenters. The van der Waals surface area contributed by atoms with Crippen molar-refractivity contribution in [3.8, 4) is 0 Å². The molecule has 6 N–H and O–H groups in total. The van der Waals surface area contributed by atoms with Gasteiger partial charge in [-0.1, -0.05) is 0 Å². The number of hydrogen-bond donors (Lipinski definition) is 4. The van der Waals surface area contributed by atoms with Crippen LogP contribution in [0.25, 0.3) is 0 Å². The Hall–Kier alpha value is -3.43. The van der Waals surface area contributed by atoms with Gasteiger partial charge in [-0.2, -0.15) is 0 Å². The standard InChI is InChI=1S/C10H11NO5.C9H11NO2/c11-7-3-1-6(2-4-7)9(14)16-10(15)8(13)5-12;1-2-12-9(11)7-3-5-8(10)6-4-7/h1-4,8,12-13H,5,11H2;3-6H,2,10H2,1H3. The molecule has 0 saturated heterocycles. The number of carbonyl (C=O) groups excluding carboxylic acids is 3. The summed E-state index contributed by atoms with van der Waals surface area (Å²) in [6.07, 6.45) is -1.71. The SMILES string of the molecule is CCOC(=O)c1ccc(N)cc1.Nc1ccc(C(=O)OC(=O)C(O)CO)cc1. The third kappa shape index (κ3) is 7.44. The lowest BCUT2D eigenvalue weighted by atomic mass is 10.2. The normalized spacial score (nSPS) is 10.8. The molecule has 0 bridgehead atoms. The zero-order valence-corrected chi connectivity index (χ0v) is 15.2. The summed E-state index contributed by atoms with van der Waals surface area (Å²) in [6.45, 7) is 1.37. The van der Waals surface area contributed by atoms with Crippen molar-refractivity contribution in [1.82, 2.24) is 0 Å². The summed E-state index contributed by atoms with van der Waals surface area (Å²) in [5.74, 6) is -2.40. The topological polar surface area (TPSA) is 162 Å². The van der Waals surface area contributed by atoms with Gasteiger partial charge in [-0.15, -0.1) is 0 Å². The fraction of sp³-hybridized carbons (Fsp3) is 0.211. The number of hydrogen-bond acceptors (Lipinski definition) is 9. The number of benzene rings is 2. The first kappa shape index (κ1) is 22.6. The van der Waals surface area contributed by atoms with Crippen molar-refractivity contribution in [2.45, 2.75) is 13.0 Å². The van der Waals surface area contributed by atoms with Gasteiger partial charge in [0.15, 0.2) is 6.10 Å². The van der Waals surface area contributed by atoms with E-state index in [9.17, 15) is 14.4 Å². The Morgan fingerprint density at radius 2 is 1.32 bits per heavy atom. The summed E-state index contributed by atoms with van der Waals surface area (Å²) >= 11 is 0. The minimum atomic E-state index is -1.71. The molecule has 0 amide bonds. The van der Waals surface area contributed by atoms with Gasteiger partial charge in [-0.05, 0) is 55.5 Å². The molecule has 28 heavy (non-hydrogen) atoms. The van der Waals surface area contributed by atoms with E-state index in [1.54, 1.807) is 31.2 Å². The Bertz CT molecular complexity index is 789. The summed E-state index contributed by atoms with van der Waals surface area (Å²) in [6, 6.07) is 12.4. The molecule has 0 fully saturated rings. The Labute approximate surface area is 161 Å². The predicted octanol–water partition coefficient (Wildman–Crippen LogP) is 0.751. The van der Waals surface area contributed by atoms with E-state index in [0.29, 0.717) is 23.5 Å². The van der Waals surface area contributed by atoms with E-state index in [-0.39, 0.29) is 11.5 Å². The number of esters is 3. The van der Waals surface area contributed by atoms with Crippen LogP contribution in [0.15, 0.2) is 48.5 Å². The number of anilines is 2. The Balaban J connectivity index is 0.000000292. The van der Waals surface area contributed by atoms with Gasteiger partial charge in [0.2, 0.25) is 0 Å². The molecule has 0 saturated carbocycles. The second-order valence-corrected chi connectivity index (χ2v) is 5.37. The van der Waals surface area contributed by atoms with Crippen LogP contribution >= 0.6 is 0 Å². The fourth-order valence-corrected chi connectivity index (χ4v) is 1.75. The Kier molecular flexibility index (Phi) is 9.14. The van der Waals surface area contributed by atoms with Gasteiger partial charge in [0, 0.05) is 11.4 Å². The van der Waals surface area contributed by atoms with Gasteiger partial charge in [0.05, 0.1) is 24.3 Å². The molecule has 0 aliphatic carbocycles. The molecule has 2 rings (SSSR count). The lowest BCUT2D eigenvalue weighted by molar-refractivity contribution is -0.149. The third-order valence-electron chi connectivity index (χ3n) is 3.21. The molecule has 0 spiro atoms. The minimum absolute atomic E-state index is 0.132. The third-order valence-corrected chi connectivity index (χ3v) is 3.21. The van der Waals surface area contributed by atoms with Gasteiger partial charge in [0.25, 0.3) is 0 Å². The molecule has 1 atom stereocenters. The molecule has 0 aliphatic rings. The molecule has 0 radical (unpaired) electrons. The van der Waals surface area contributed by atoms with Crippen LogP contribution in [0.1, 0.15) is 27.6 Å². The zero-order chi connectivity index (χ0) is 21.1. The van der Waals surface area contributed by atoms with Gasteiger partial charge in [0.1, 0.15) is 0 Å². The van der Waals surface area contributed by atoms with Crippen molar-refractivity contribution in [2.75, 3.05) is 24.7 Å². The first-order valence-corrected chi connectivity index (χ1v) is 8.21. The maximum atomic E-state index is 11.3. The van der Waals surface area contributed by atoms with Gasteiger partial charge in [-0.25, -0.2) is 14.4 Å². The van der Waals surface area contributed by atoms with Gasteiger partial charge in [-0.3, -0.25) is 0 Å². The van der Waals surface area contributed by atoms with E-state index in [2.05, 4.69) is 4.74 Å². The first-order valence-electron chi connectivity index (χ1n) is 8.21. The largest absolute Gasteiger partial charge is 0.462 e. The number of carbonyl (C=O) groups is 3. The van der Waals surface area contributed by atoms with Crippen LogP contribution in [0.2, 0.25) is 0 Å². The van der Waals surface area contributed by atoms with Crippen molar-refractivity contribution in [1.29, 1.82) is 0 Å². The van der Waals surface area contributed by atoms with Crippen molar-refractivity contribution >= 4 is 29.3 Å². The van der Waals surface area contributed by atoms with Crippen LogP contribution in [0.3, 0.4) is 0 Å². The minimum Gasteiger partial charge on any atom is -0.462 e. The summed E-state index contributed by atoms with van der Waals surface area (Å²) < 4.78 is 9.09. The number of aliphatic hydroxyl groups excluding tert-OH is 2. The van der Waals surface area contributed by atoms with Gasteiger partial charge < -0.3 is 31.2 Å². The van der Waals surface area contributed by atoms with E-state index in [1.807, 2.05) is 0 Å². The monoisotopic (exact) mass is 390 g/mol. The number of aliphatic hydroxyl groups is 2. The summed E-state index contributed by atoms with van der Waals surface area (Å²) in [5.41, 5.74) is 12.6. The quantitative estimate of drug-likeness (QED) is 0.328. The molecular formula is C19H22N2O7. The second-order valence-electron chi connectivity index (χ2n) is 5.37. The van der Waals surface area contributed by atoms with Crippen LogP contribution in [0, 0.1) is 0 Å². The highest BCUT2D eigenvalue weighted by atomic mass is 16.6. The predicted molar refractivity (Wildman–Crippen MR) is 101 cm³/mol. The molecular weight excluding hydrogens is 368 g/mol. The van der Waals surface area contributed by atoms with Crippen molar-refractivity contribution in [3.63, 3.8) is 0 Å². The molecule has 2 aromatic carbocycles. The fourth-order valence-electron chi connectivity index (χ4n) is 1.75. The van der Waals surface area contributed by atoms with Crippen LogP contribution in [-0.2, 0) is 14.3 Å². The maximum absolute atomic E-state index is 11.3. The second kappa shape index (κ2) is 11.3. The van der Waals surface area contributed by atoms with E-state index in [1.165, 1.54) is 24.3 Å². The molecule has 0 aromatic heterocycles. The van der Waals surface area contributed by atoms with E-state index >= 15 is 0 Å². The first-order chi connectivity index (χ1) is 13.3. The molecule has 150 valence electrons. The molecule has 9 nitrogen and oxygen atoms in total. The van der Waals surface area contributed by atoms with Gasteiger partial charge >= 0.3 is 17.9 Å². The van der Waals surface area contributed by atoms with E-state index < -0.39 is 24.6 Å². The maximum Gasteiger partial charge on any atom is 0.345 e. The van der Waals surface area contributed by atoms with Crippen LogP contribution in [0.4, 0.5) is 11.4 Å². The van der Waals surface area contributed by atoms with Crippen molar-refractivity contribution in [2.24, 2.45) is 0 Å². The lowest BCUT2D eigenvalue weighted by Gasteiger charge is -2.06. The van der Waals surface area contributed by atoms with Crippen molar-refractivity contribution < 1.29 is 34.1 Å². The summed E-state index contributed by atoms with van der Waals surface area (Å²) in [4.78, 5) is 33.4. The van der Waals surface area contributed by atoms with Crippen molar-refractivity contribution in [3.05, 3.63) is 59.7 Å². The highest BCUT2D eigenvalue weighted by Crippen LogP contribution is 2.08. The van der Waals surface area contributed by atoms with E-state index in [0.717, 1.165) is 0 Å². The number of rotatable bonds is 5. The molecule has 0 heterocycles. The average Bonchev–Trinajstić information content (AvgIpc) is 2.69. The number of ether oxygens (including phenoxy) is 2. The molecule has 2 aromatic rings. The summed E-state index contributed by atoms with van der Waals surface area (Å²) in [7, 11) is 0. The summed E-state index contributed by atoms with van der Waals surface area (Å²) in [5, 5.41) is 17.3. The van der Waals surface area contributed by atoms with Crippen LogP contribution < -0.4 is 11.5 Å². The average molecular weight is 390 g/mol. The molecule has 9 heteroatoms. The number of nitrogen functional groups attached to an aromatic ring is 2. The Morgan fingerprint density at radius 1 is 0.893 bits per heavy atom. The zero-order valence-electron chi connectivity index (χ0n) is 15.2. The highest BCUT2D eigenvalue weighted by Gasteiger charge is 2.20. The number of nitrogens with two attached hydrogens (primary N) is 2. The van der Waals surface area contributed by atoms with E-state index in [4.69, 9.17) is 26.4 Å². The Morgan fingerprint density at radius 3 is 1.71 bits per heavy atom. The molecule has 0 aliphatic heterocycles. The highest BCUT2D eigenvalue weighted by molar-refractivity contribution is 5.98. The van der Waals surface area contributed by atoms with Crippen LogP contribution in [0.5, 0.6) is 0 Å². The smallest absolute Gasteiger partial charge is 0.345 e. The van der Waals surface area contributed by atoms with Crippen LogP contribution in [-0.4, -0.2) is 47.4 Å². The lowest BCUT2D eigenvalue weighted by Crippen LogP contribution is -2.28.